The van der Waals surface area contributed by atoms with Gasteiger partial charge in [0.15, 0.2) is 0 Å². The molecule has 2 N–H and O–H groups in total. The molecule has 0 aliphatic carbocycles. The summed E-state index contributed by atoms with van der Waals surface area (Å²) in [7, 11) is 0. The second kappa shape index (κ2) is 6.79. The second-order valence-corrected chi connectivity index (χ2v) is 4.47. The van der Waals surface area contributed by atoms with Crippen LogP contribution in [0.4, 0.5) is 5.69 Å². The fourth-order valence-electron chi connectivity index (χ4n) is 1.37. The molecule has 0 saturated carbocycles. The molecule has 0 heterocycles. The van der Waals surface area contributed by atoms with Crippen LogP contribution in [0.1, 0.15) is 32.8 Å². The van der Waals surface area contributed by atoms with Crippen molar-refractivity contribution in [2.75, 3.05) is 5.32 Å². The molecule has 0 bridgehead atoms. The Bertz CT molecular complexity index is 428. The largest absolute Gasteiger partial charge is 0.352 e. The first kappa shape index (κ1) is 14.2. The monoisotopic (exact) mass is 248 g/mol. The zero-order chi connectivity index (χ0) is 13.5. The van der Waals surface area contributed by atoms with E-state index < -0.39 is 0 Å². The zero-order valence-corrected chi connectivity index (χ0v) is 11.1. The van der Waals surface area contributed by atoms with Gasteiger partial charge >= 0.3 is 0 Å². The maximum absolute atomic E-state index is 11.6. The van der Waals surface area contributed by atoms with E-state index in [4.69, 9.17) is 0 Å². The molecule has 0 aromatic heterocycles. The summed E-state index contributed by atoms with van der Waals surface area (Å²) in [5.41, 5.74) is 1.73. The number of benzene rings is 1. The highest BCUT2D eigenvalue weighted by Gasteiger charge is 2.07. The molecule has 4 nitrogen and oxygen atoms in total. The van der Waals surface area contributed by atoms with Crippen LogP contribution >= 0.6 is 0 Å². The molecule has 0 fully saturated rings. The molecular weight excluding hydrogens is 228 g/mol. The molecule has 1 aromatic carbocycles. The molecule has 0 atom stereocenters. The van der Waals surface area contributed by atoms with Crippen LogP contribution in [0.15, 0.2) is 24.3 Å². The van der Waals surface area contributed by atoms with Gasteiger partial charge in [0, 0.05) is 24.6 Å². The van der Waals surface area contributed by atoms with Gasteiger partial charge in [-0.3, -0.25) is 9.59 Å². The topological polar surface area (TPSA) is 58.2 Å². The lowest BCUT2D eigenvalue weighted by atomic mass is 10.1. The summed E-state index contributed by atoms with van der Waals surface area (Å²) in [6, 6.07) is 7.49. The molecule has 18 heavy (non-hydrogen) atoms. The lowest BCUT2D eigenvalue weighted by Crippen LogP contribution is -2.21. The summed E-state index contributed by atoms with van der Waals surface area (Å²) in [6.45, 7) is 5.99. The normalized spacial score (nSPS) is 10.2. The first-order valence-corrected chi connectivity index (χ1v) is 6.19. The van der Waals surface area contributed by atoms with Crippen molar-refractivity contribution in [3.05, 3.63) is 29.8 Å². The Labute approximate surface area is 108 Å². The van der Waals surface area contributed by atoms with Crippen molar-refractivity contribution in [3.63, 3.8) is 0 Å². The Morgan fingerprint density at radius 2 is 2.00 bits per heavy atom. The van der Waals surface area contributed by atoms with Crippen LogP contribution in [0.5, 0.6) is 0 Å². The van der Waals surface area contributed by atoms with E-state index in [9.17, 15) is 9.59 Å². The number of rotatable bonds is 5. The maximum atomic E-state index is 11.6. The highest BCUT2D eigenvalue weighted by Crippen LogP contribution is 2.11. The van der Waals surface area contributed by atoms with Crippen molar-refractivity contribution in [1.29, 1.82) is 0 Å². The fraction of sp³-hybridized carbons (Fsp3) is 0.429. The lowest BCUT2D eigenvalue weighted by Gasteiger charge is -2.09. The Morgan fingerprint density at radius 3 is 2.61 bits per heavy atom. The van der Waals surface area contributed by atoms with Crippen LogP contribution in [-0.4, -0.2) is 11.8 Å². The quantitative estimate of drug-likeness (QED) is 0.840. The lowest BCUT2D eigenvalue weighted by molar-refractivity contribution is -0.121. The molecule has 1 rings (SSSR count). The molecule has 0 aliphatic rings. The van der Waals surface area contributed by atoms with Crippen LogP contribution in [0.3, 0.4) is 0 Å². The van der Waals surface area contributed by atoms with E-state index in [1.165, 1.54) is 0 Å². The SMILES string of the molecule is CCC(=O)NCc1cccc(NC(=O)C(C)C)c1. The first-order chi connectivity index (χ1) is 8.52. The van der Waals surface area contributed by atoms with E-state index in [1.807, 2.05) is 45.0 Å². The number of hydrogen-bond donors (Lipinski definition) is 2. The van der Waals surface area contributed by atoms with Crippen molar-refractivity contribution in [2.45, 2.75) is 33.7 Å². The predicted octanol–water partition coefficient (Wildman–Crippen LogP) is 2.31. The summed E-state index contributed by atoms with van der Waals surface area (Å²) in [6.07, 6.45) is 0.476. The average molecular weight is 248 g/mol. The third-order valence-electron chi connectivity index (χ3n) is 2.53. The molecule has 98 valence electrons. The van der Waals surface area contributed by atoms with E-state index in [1.54, 1.807) is 0 Å². The number of amides is 2. The van der Waals surface area contributed by atoms with Crippen LogP contribution in [0.2, 0.25) is 0 Å². The first-order valence-electron chi connectivity index (χ1n) is 6.19. The van der Waals surface area contributed by atoms with Gasteiger partial charge < -0.3 is 10.6 Å². The minimum absolute atomic E-state index is 0.00950. The van der Waals surface area contributed by atoms with Crippen LogP contribution in [0.25, 0.3) is 0 Å². The summed E-state index contributed by atoms with van der Waals surface area (Å²) in [4.78, 5) is 22.7. The number of carbonyl (C=O) groups is 2. The van der Waals surface area contributed by atoms with Gasteiger partial charge in [0.25, 0.3) is 0 Å². The maximum Gasteiger partial charge on any atom is 0.226 e. The number of nitrogens with one attached hydrogen (secondary N) is 2. The molecule has 0 spiro atoms. The van der Waals surface area contributed by atoms with Gasteiger partial charge in [0.05, 0.1) is 0 Å². The van der Waals surface area contributed by atoms with Gasteiger partial charge in [-0.2, -0.15) is 0 Å². The van der Waals surface area contributed by atoms with E-state index in [2.05, 4.69) is 10.6 Å². The third kappa shape index (κ3) is 4.57. The zero-order valence-electron chi connectivity index (χ0n) is 11.1. The third-order valence-corrected chi connectivity index (χ3v) is 2.53. The molecular formula is C14H20N2O2. The molecule has 0 saturated heterocycles. The van der Waals surface area contributed by atoms with Gasteiger partial charge in [0.1, 0.15) is 0 Å². The van der Waals surface area contributed by atoms with Gasteiger partial charge in [-0.1, -0.05) is 32.9 Å². The number of anilines is 1. The van der Waals surface area contributed by atoms with Crippen LogP contribution in [-0.2, 0) is 16.1 Å². The molecule has 0 unspecified atom stereocenters. The van der Waals surface area contributed by atoms with Crippen molar-refractivity contribution >= 4 is 17.5 Å². The number of carbonyl (C=O) groups excluding carboxylic acids is 2. The molecule has 2 amide bonds. The summed E-state index contributed by atoms with van der Waals surface area (Å²) < 4.78 is 0. The molecule has 0 aliphatic heterocycles. The van der Waals surface area contributed by atoms with Gasteiger partial charge in [-0.25, -0.2) is 0 Å². The minimum atomic E-state index is -0.0477. The molecule has 1 aromatic rings. The Kier molecular flexibility index (Phi) is 5.36. The van der Waals surface area contributed by atoms with Gasteiger partial charge in [0.2, 0.25) is 11.8 Å². The predicted molar refractivity (Wildman–Crippen MR) is 72.0 cm³/mol. The standard InChI is InChI=1S/C14H20N2O2/c1-4-13(17)15-9-11-6-5-7-12(8-11)16-14(18)10(2)3/h5-8,10H,4,9H2,1-3H3,(H,15,17)(H,16,18). The Hall–Kier alpha value is -1.84. The smallest absolute Gasteiger partial charge is 0.226 e. The van der Waals surface area contributed by atoms with Gasteiger partial charge in [-0.05, 0) is 17.7 Å². The van der Waals surface area contributed by atoms with Gasteiger partial charge in [-0.15, -0.1) is 0 Å². The Morgan fingerprint density at radius 1 is 1.28 bits per heavy atom. The van der Waals surface area contributed by atoms with Crippen molar-refractivity contribution in [3.8, 4) is 0 Å². The fourth-order valence-corrected chi connectivity index (χ4v) is 1.37. The highest BCUT2D eigenvalue weighted by atomic mass is 16.2. The highest BCUT2D eigenvalue weighted by molar-refractivity contribution is 5.92. The summed E-state index contributed by atoms with van der Waals surface area (Å²) in [5.74, 6) is -0.0372. The van der Waals surface area contributed by atoms with Crippen molar-refractivity contribution in [1.82, 2.24) is 5.32 Å². The van der Waals surface area contributed by atoms with E-state index in [0.717, 1.165) is 11.3 Å². The van der Waals surface area contributed by atoms with E-state index in [0.29, 0.717) is 13.0 Å². The molecule has 0 radical (unpaired) electrons. The van der Waals surface area contributed by atoms with Crippen LogP contribution in [0, 0.1) is 5.92 Å². The van der Waals surface area contributed by atoms with Crippen molar-refractivity contribution < 1.29 is 9.59 Å². The Balaban J connectivity index is 2.62. The van der Waals surface area contributed by atoms with Crippen LogP contribution < -0.4 is 10.6 Å². The summed E-state index contributed by atoms with van der Waals surface area (Å²) in [5, 5.41) is 5.63. The minimum Gasteiger partial charge on any atom is -0.352 e. The van der Waals surface area contributed by atoms with E-state index >= 15 is 0 Å². The van der Waals surface area contributed by atoms with E-state index in [-0.39, 0.29) is 17.7 Å². The second-order valence-electron chi connectivity index (χ2n) is 4.47. The average Bonchev–Trinajstić information content (AvgIpc) is 2.36. The summed E-state index contributed by atoms with van der Waals surface area (Å²) >= 11 is 0. The number of hydrogen-bond acceptors (Lipinski definition) is 2. The van der Waals surface area contributed by atoms with Crippen molar-refractivity contribution in [2.24, 2.45) is 5.92 Å². The molecule has 4 heteroatoms.